The third kappa shape index (κ3) is 3.63. The van der Waals surface area contributed by atoms with Crippen LogP contribution in [0.1, 0.15) is 5.56 Å². The van der Waals surface area contributed by atoms with Crippen LogP contribution in [0.4, 0.5) is 0 Å². The molecule has 2 rings (SSSR count). The van der Waals surface area contributed by atoms with Gasteiger partial charge in [-0.05, 0) is 6.92 Å². The second kappa shape index (κ2) is 6.29. The summed E-state index contributed by atoms with van der Waals surface area (Å²) in [5.41, 5.74) is 2.09. The predicted octanol–water partition coefficient (Wildman–Crippen LogP) is 2.93. The molecule has 0 bridgehead atoms. The summed E-state index contributed by atoms with van der Waals surface area (Å²) < 4.78 is 0. The highest BCUT2D eigenvalue weighted by Gasteiger charge is 2.21. The highest BCUT2D eigenvalue weighted by Crippen LogP contribution is 2.05. The van der Waals surface area contributed by atoms with Crippen molar-refractivity contribution >= 4 is 44.0 Å². The molecule has 0 heterocycles. The van der Waals surface area contributed by atoms with Crippen molar-refractivity contribution in [2.75, 3.05) is 5.50 Å². The maximum absolute atomic E-state index is 6.31. The molecule has 0 spiro atoms. The number of rotatable bonds is 4. The third-order valence-electron chi connectivity index (χ3n) is 3.55. The van der Waals surface area contributed by atoms with Gasteiger partial charge < -0.3 is 0 Å². The lowest BCUT2D eigenvalue weighted by atomic mass is 10.2. The lowest BCUT2D eigenvalue weighted by Gasteiger charge is -2.21. The van der Waals surface area contributed by atoms with E-state index in [9.17, 15) is 0 Å². The van der Waals surface area contributed by atoms with Crippen LogP contribution in [0.3, 0.4) is 0 Å². The van der Waals surface area contributed by atoms with Gasteiger partial charge in [0.05, 0.1) is 8.07 Å². The molecule has 0 saturated heterocycles. The van der Waals surface area contributed by atoms with Gasteiger partial charge in [0.2, 0.25) is 0 Å². The Balaban J connectivity index is 2.48. The van der Waals surface area contributed by atoms with Crippen LogP contribution < -0.4 is 15.6 Å². The summed E-state index contributed by atoms with van der Waals surface area (Å²) in [6.45, 7) is 9.41. The van der Waals surface area contributed by atoms with Crippen LogP contribution in [0.15, 0.2) is 48.5 Å². The van der Waals surface area contributed by atoms with Gasteiger partial charge in [-0.15, -0.1) is 11.6 Å². The van der Waals surface area contributed by atoms with Crippen molar-refractivity contribution < 1.29 is 0 Å². The van der Waals surface area contributed by atoms with E-state index in [0.29, 0.717) is 0 Å². The van der Waals surface area contributed by atoms with Gasteiger partial charge in [0.1, 0.15) is 8.80 Å². The van der Waals surface area contributed by atoms with Crippen molar-refractivity contribution in [2.24, 2.45) is 0 Å². The summed E-state index contributed by atoms with van der Waals surface area (Å²) in [6.07, 6.45) is 0. The topological polar surface area (TPSA) is 0 Å². The number of hydrogen-bond acceptors (Lipinski definition) is 0. The van der Waals surface area contributed by atoms with Crippen molar-refractivity contribution in [3.8, 4) is 0 Å². The maximum Gasteiger partial charge on any atom is 0.136 e. The Bertz CT molecular complexity index is 573. The molecule has 0 atom stereocenters. The average molecular weight is 318 g/mol. The largest absolute Gasteiger partial charge is 0.136 e. The molecule has 0 amide bonds. The summed E-state index contributed by atoms with van der Waals surface area (Å²) >= 11 is 6.31. The van der Waals surface area contributed by atoms with E-state index in [1.807, 2.05) is 0 Å². The van der Waals surface area contributed by atoms with E-state index in [2.05, 4.69) is 75.1 Å². The summed E-state index contributed by atoms with van der Waals surface area (Å²) in [5.74, 6) is 0. The standard InChI is InChI=1S/C17H22ClSi2/c1-14-10-16(12-17(11-14)20(2,3)4)19(13-18)15-8-6-5-7-9-15/h5-12H,13H2,1-4H3. The zero-order valence-corrected chi connectivity index (χ0v) is 15.5. The summed E-state index contributed by atoms with van der Waals surface area (Å²) in [7, 11) is -2.14. The van der Waals surface area contributed by atoms with Crippen molar-refractivity contribution in [1.29, 1.82) is 0 Å². The first kappa shape index (κ1) is 15.6. The fourth-order valence-electron chi connectivity index (χ4n) is 2.35. The molecule has 0 unspecified atom stereocenters. The fraction of sp³-hybridized carbons (Fsp3) is 0.294. The summed E-state index contributed by atoms with van der Waals surface area (Å²) in [6, 6.07) is 17.8. The molecule has 0 fully saturated rings. The van der Waals surface area contributed by atoms with E-state index >= 15 is 0 Å². The van der Waals surface area contributed by atoms with Gasteiger partial charge in [0.25, 0.3) is 0 Å². The van der Waals surface area contributed by atoms with Crippen LogP contribution in [0.25, 0.3) is 0 Å². The summed E-state index contributed by atoms with van der Waals surface area (Å²) in [5, 5.41) is 4.39. The minimum Gasteiger partial charge on any atom is -0.130 e. The zero-order valence-electron chi connectivity index (χ0n) is 12.7. The lowest BCUT2D eigenvalue weighted by Crippen LogP contribution is -2.48. The van der Waals surface area contributed by atoms with Crippen LogP contribution >= 0.6 is 11.6 Å². The zero-order chi connectivity index (χ0) is 14.8. The molecule has 105 valence electrons. The molecular formula is C17H22ClSi2. The van der Waals surface area contributed by atoms with Gasteiger partial charge >= 0.3 is 0 Å². The van der Waals surface area contributed by atoms with E-state index in [-0.39, 0.29) is 0 Å². The molecule has 0 nitrogen and oxygen atoms in total. The molecule has 3 heteroatoms. The Hall–Kier alpha value is -0.836. The van der Waals surface area contributed by atoms with Gasteiger partial charge in [-0.25, -0.2) is 0 Å². The quantitative estimate of drug-likeness (QED) is 0.601. The number of aryl methyl sites for hydroxylation is 1. The molecule has 0 aliphatic heterocycles. The Kier molecular flexibility index (Phi) is 4.89. The normalized spacial score (nSPS) is 11.9. The number of alkyl halides is 1. The van der Waals surface area contributed by atoms with Crippen molar-refractivity contribution in [2.45, 2.75) is 26.6 Å². The maximum atomic E-state index is 6.31. The molecule has 1 radical (unpaired) electrons. The molecule has 0 saturated carbocycles. The smallest absolute Gasteiger partial charge is 0.130 e. The number of benzene rings is 2. The van der Waals surface area contributed by atoms with Crippen LogP contribution in [-0.4, -0.2) is 22.4 Å². The highest BCUT2D eigenvalue weighted by molar-refractivity contribution is 6.91. The van der Waals surface area contributed by atoms with E-state index in [1.54, 1.807) is 0 Å². The molecular weight excluding hydrogens is 296 g/mol. The molecule has 20 heavy (non-hydrogen) atoms. The first-order valence-corrected chi connectivity index (χ1v) is 12.8. The Labute approximate surface area is 130 Å². The van der Waals surface area contributed by atoms with Gasteiger partial charge in [0.15, 0.2) is 0 Å². The SMILES string of the molecule is Cc1cc([Si](CCl)c2ccccc2)cc([Si](C)(C)C)c1. The molecule has 0 aromatic heterocycles. The Morgan fingerprint density at radius 3 is 2.15 bits per heavy atom. The first-order chi connectivity index (χ1) is 9.41. The molecule has 2 aromatic carbocycles. The van der Waals surface area contributed by atoms with E-state index in [1.165, 1.54) is 21.1 Å². The molecule has 0 N–H and O–H groups in total. The Morgan fingerprint density at radius 2 is 1.60 bits per heavy atom. The van der Waals surface area contributed by atoms with Gasteiger partial charge in [-0.3, -0.25) is 0 Å². The number of hydrogen-bond donors (Lipinski definition) is 0. The van der Waals surface area contributed by atoms with Crippen LogP contribution in [-0.2, 0) is 0 Å². The highest BCUT2D eigenvalue weighted by atomic mass is 35.5. The van der Waals surface area contributed by atoms with Gasteiger partial charge in [-0.2, -0.15) is 0 Å². The first-order valence-electron chi connectivity index (χ1n) is 7.01. The van der Waals surface area contributed by atoms with Crippen LogP contribution in [0, 0.1) is 6.92 Å². The second-order valence-corrected chi connectivity index (χ2v) is 14.6. The lowest BCUT2D eigenvalue weighted by molar-refractivity contribution is 1.50. The van der Waals surface area contributed by atoms with E-state index < -0.39 is 16.9 Å². The van der Waals surface area contributed by atoms with Crippen LogP contribution in [0.2, 0.25) is 19.6 Å². The second-order valence-electron chi connectivity index (χ2n) is 6.32. The van der Waals surface area contributed by atoms with Crippen LogP contribution in [0.5, 0.6) is 0 Å². The van der Waals surface area contributed by atoms with E-state index in [4.69, 9.17) is 11.6 Å². The molecule has 0 aliphatic rings. The molecule has 0 aliphatic carbocycles. The monoisotopic (exact) mass is 317 g/mol. The van der Waals surface area contributed by atoms with Crippen molar-refractivity contribution in [3.05, 3.63) is 54.1 Å². The third-order valence-corrected chi connectivity index (χ3v) is 8.65. The van der Waals surface area contributed by atoms with Gasteiger partial charge in [0, 0.05) is 5.50 Å². The minimum atomic E-state index is -1.28. The Morgan fingerprint density at radius 1 is 0.950 bits per heavy atom. The average Bonchev–Trinajstić information content (AvgIpc) is 2.39. The summed E-state index contributed by atoms with van der Waals surface area (Å²) in [4.78, 5) is 0. The van der Waals surface area contributed by atoms with Crippen molar-refractivity contribution in [1.82, 2.24) is 0 Å². The fourth-order valence-corrected chi connectivity index (χ4v) is 6.64. The predicted molar refractivity (Wildman–Crippen MR) is 96.3 cm³/mol. The van der Waals surface area contributed by atoms with E-state index in [0.717, 1.165) is 5.50 Å². The molecule has 2 aromatic rings. The number of halogens is 1. The van der Waals surface area contributed by atoms with Crippen molar-refractivity contribution in [3.63, 3.8) is 0 Å². The van der Waals surface area contributed by atoms with Gasteiger partial charge in [-0.1, -0.05) is 89.3 Å². The minimum absolute atomic E-state index is 0.725.